The van der Waals surface area contributed by atoms with Crippen molar-refractivity contribution in [3.8, 4) is 0 Å². The highest BCUT2D eigenvalue weighted by atomic mass is 19.1. The fourth-order valence-electron chi connectivity index (χ4n) is 3.13. The number of benzene rings is 1. The number of hydrogen-bond donors (Lipinski definition) is 2. The van der Waals surface area contributed by atoms with Crippen molar-refractivity contribution in [1.29, 1.82) is 0 Å². The van der Waals surface area contributed by atoms with Gasteiger partial charge in [0.15, 0.2) is 0 Å². The Morgan fingerprint density at radius 2 is 2.16 bits per heavy atom. The largest absolute Gasteiger partial charge is 0.373 e. The van der Waals surface area contributed by atoms with Gasteiger partial charge in [0.1, 0.15) is 5.82 Å². The fraction of sp³-hybridized carbons (Fsp3) is 0.571. The summed E-state index contributed by atoms with van der Waals surface area (Å²) in [4.78, 5) is 2.47. The van der Waals surface area contributed by atoms with Crippen molar-refractivity contribution in [2.75, 3.05) is 19.7 Å². The number of rotatable bonds is 3. The molecule has 2 aliphatic rings. The third kappa shape index (κ3) is 2.65. The second-order valence-corrected chi connectivity index (χ2v) is 5.36. The topological polar surface area (TPSA) is 50.5 Å². The number of nitrogens with two attached hydrogens (primary N) is 1. The highest BCUT2D eigenvalue weighted by Gasteiger charge is 2.35. The zero-order valence-electron chi connectivity index (χ0n) is 10.9. The predicted octanol–water partition coefficient (Wildman–Crippen LogP) is 1.19. The molecule has 1 aromatic rings. The first-order valence-electron chi connectivity index (χ1n) is 6.85. The number of ether oxygens (including phenoxy) is 1. The molecule has 1 aromatic carbocycles. The van der Waals surface area contributed by atoms with Gasteiger partial charge in [-0.05, 0) is 37.1 Å². The molecule has 3 atom stereocenters. The maximum atomic E-state index is 13.0. The van der Waals surface area contributed by atoms with Crippen LogP contribution in [0.2, 0.25) is 0 Å². The molecular weight excluding hydrogens is 245 g/mol. The summed E-state index contributed by atoms with van der Waals surface area (Å²) in [5.41, 5.74) is 3.78. The molecule has 104 valence electrons. The van der Waals surface area contributed by atoms with E-state index < -0.39 is 0 Å². The van der Waals surface area contributed by atoms with Crippen LogP contribution < -0.4 is 11.3 Å². The van der Waals surface area contributed by atoms with Crippen molar-refractivity contribution in [1.82, 2.24) is 10.3 Å². The summed E-state index contributed by atoms with van der Waals surface area (Å²) in [5, 5.41) is 0. The average Bonchev–Trinajstić information content (AvgIpc) is 2.89. The molecule has 0 amide bonds. The standard InChI is InChI=1S/C14H20FN3O/c15-11-5-3-10(4-6-11)14(17-16)13-8-18-7-1-2-12(18)9-19-13/h3-6,12-14,17H,1-2,7-9,16H2. The van der Waals surface area contributed by atoms with Gasteiger partial charge in [0.25, 0.3) is 0 Å². The van der Waals surface area contributed by atoms with E-state index in [4.69, 9.17) is 10.6 Å². The van der Waals surface area contributed by atoms with Gasteiger partial charge in [-0.1, -0.05) is 12.1 Å². The average molecular weight is 265 g/mol. The van der Waals surface area contributed by atoms with E-state index in [9.17, 15) is 4.39 Å². The first-order valence-corrected chi connectivity index (χ1v) is 6.85. The van der Waals surface area contributed by atoms with Crippen molar-refractivity contribution in [3.05, 3.63) is 35.6 Å². The zero-order chi connectivity index (χ0) is 13.2. The van der Waals surface area contributed by atoms with Crippen molar-refractivity contribution in [3.63, 3.8) is 0 Å². The summed E-state index contributed by atoms with van der Waals surface area (Å²) in [6.45, 7) is 2.80. The van der Waals surface area contributed by atoms with E-state index in [2.05, 4.69) is 10.3 Å². The van der Waals surface area contributed by atoms with Gasteiger partial charge in [0, 0.05) is 12.6 Å². The van der Waals surface area contributed by atoms with Crippen LogP contribution in [0.15, 0.2) is 24.3 Å². The summed E-state index contributed by atoms with van der Waals surface area (Å²) in [5.74, 6) is 5.44. The molecule has 3 N–H and O–H groups in total. The zero-order valence-corrected chi connectivity index (χ0v) is 10.9. The van der Waals surface area contributed by atoms with Gasteiger partial charge in [-0.15, -0.1) is 0 Å². The molecule has 3 rings (SSSR count). The van der Waals surface area contributed by atoms with E-state index >= 15 is 0 Å². The first kappa shape index (κ1) is 13.0. The summed E-state index contributed by atoms with van der Waals surface area (Å²) in [6.07, 6.45) is 2.49. The lowest BCUT2D eigenvalue weighted by atomic mass is 10.00. The molecule has 0 aliphatic carbocycles. The Kier molecular flexibility index (Phi) is 3.79. The minimum atomic E-state index is -0.233. The van der Waals surface area contributed by atoms with Crippen LogP contribution in [-0.2, 0) is 4.74 Å². The van der Waals surface area contributed by atoms with Crippen LogP contribution in [0.5, 0.6) is 0 Å². The molecule has 2 saturated heterocycles. The maximum absolute atomic E-state index is 13.0. The Balaban J connectivity index is 1.73. The quantitative estimate of drug-likeness (QED) is 0.637. The minimum absolute atomic E-state index is 0.0183. The van der Waals surface area contributed by atoms with Crippen LogP contribution in [0.25, 0.3) is 0 Å². The van der Waals surface area contributed by atoms with Gasteiger partial charge in [-0.2, -0.15) is 0 Å². The number of halogens is 1. The molecule has 2 fully saturated rings. The molecular formula is C14H20FN3O. The molecule has 0 bridgehead atoms. The number of nitrogens with zero attached hydrogens (tertiary/aromatic N) is 1. The van der Waals surface area contributed by atoms with Gasteiger partial charge in [-0.3, -0.25) is 16.2 Å². The van der Waals surface area contributed by atoms with E-state index in [0.717, 1.165) is 25.3 Å². The highest BCUT2D eigenvalue weighted by molar-refractivity contribution is 5.21. The van der Waals surface area contributed by atoms with Crippen LogP contribution in [0.1, 0.15) is 24.4 Å². The molecule has 0 saturated carbocycles. The fourth-order valence-corrected chi connectivity index (χ4v) is 3.13. The Morgan fingerprint density at radius 1 is 1.37 bits per heavy atom. The van der Waals surface area contributed by atoms with Crippen molar-refractivity contribution in [2.24, 2.45) is 5.84 Å². The number of hydrazine groups is 1. The van der Waals surface area contributed by atoms with E-state index in [-0.39, 0.29) is 18.0 Å². The van der Waals surface area contributed by atoms with Crippen LogP contribution in [0, 0.1) is 5.82 Å². The summed E-state index contributed by atoms with van der Waals surface area (Å²) in [7, 11) is 0. The van der Waals surface area contributed by atoms with Gasteiger partial charge >= 0.3 is 0 Å². The monoisotopic (exact) mass is 265 g/mol. The van der Waals surface area contributed by atoms with Crippen molar-refractivity contribution < 1.29 is 9.13 Å². The Hall–Kier alpha value is -1.01. The molecule has 2 heterocycles. The van der Waals surface area contributed by atoms with Crippen LogP contribution in [-0.4, -0.2) is 36.7 Å². The molecule has 0 radical (unpaired) electrons. The number of fused-ring (bicyclic) bond motifs is 1. The van der Waals surface area contributed by atoms with E-state index in [1.165, 1.54) is 25.0 Å². The van der Waals surface area contributed by atoms with Crippen LogP contribution in [0.4, 0.5) is 4.39 Å². The highest BCUT2D eigenvalue weighted by Crippen LogP contribution is 2.28. The molecule has 4 nitrogen and oxygen atoms in total. The van der Waals surface area contributed by atoms with Gasteiger partial charge < -0.3 is 4.74 Å². The SMILES string of the molecule is NNC(c1ccc(F)cc1)C1CN2CCCC2CO1. The second-order valence-electron chi connectivity index (χ2n) is 5.36. The summed E-state index contributed by atoms with van der Waals surface area (Å²) >= 11 is 0. The van der Waals surface area contributed by atoms with Crippen LogP contribution in [0.3, 0.4) is 0 Å². The number of nitrogens with one attached hydrogen (secondary N) is 1. The van der Waals surface area contributed by atoms with Gasteiger partial charge in [-0.25, -0.2) is 4.39 Å². The summed E-state index contributed by atoms with van der Waals surface area (Å²) < 4.78 is 18.9. The third-order valence-electron chi connectivity index (χ3n) is 4.20. The number of morpholine rings is 1. The molecule has 0 spiro atoms. The normalized spacial score (nSPS) is 29.2. The lowest BCUT2D eigenvalue weighted by Gasteiger charge is -2.38. The summed E-state index contributed by atoms with van der Waals surface area (Å²) in [6, 6.07) is 6.92. The van der Waals surface area contributed by atoms with E-state index in [1.807, 2.05) is 0 Å². The smallest absolute Gasteiger partial charge is 0.123 e. The lowest BCUT2D eigenvalue weighted by molar-refractivity contribution is -0.0653. The van der Waals surface area contributed by atoms with Crippen molar-refractivity contribution in [2.45, 2.75) is 31.0 Å². The van der Waals surface area contributed by atoms with Crippen molar-refractivity contribution >= 4 is 0 Å². The molecule has 3 unspecified atom stereocenters. The van der Waals surface area contributed by atoms with Crippen LogP contribution >= 0.6 is 0 Å². The minimum Gasteiger partial charge on any atom is -0.373 e. The Morgan fingerprint density at radius 3 is 2.89 bits per heavy atom. The van der Waals surface area contributed by atoms with Gasteiger partial charge in [0.05, 0.1) is 18.8 Å². The maximum Gasteiger partial charge on any atom is 0.123 e. The third-order valence-corrected chi connectivity index (χ3v) is 4.20. The lowest BCUT2D eigenvalue weighted by Crippen LogP contribution is -2.51. The first-order chi connectivity index (χ1) is 9.28. The molecule has 19 heavy (non-hydrogen) atoms. The Bertz CT molecular complexity index is 425. The van der Waals surface area contributed by atoms with E-state index in [1.54, 1.807) is 12.1 Å². The Labute approximate surface area is 112 Å². The van der Waals surface area contributed by atoms with E-state index in [0.29, 0.717) is 6.04 Å². The van der Waals surface area contributed by atoms with Gasteiger partial charge in [0.2, 0.25) is 0 Å². The molecule has 5 heteroatoms. The predicted molar refractivity (Wildman–Crippen MR) is 70.8 cm³/mol. The second kappa shape index (κ2) is 5.54. The number of hydrogen-bond acceptors (Lipinski definition) is 4. The molecule has 2 aliphatic heterocycles. The molecule has 0 aromatic heterocycles.